The van der Waals surface area contributed by atoms with Crippen LogP contribution in [0, 0.1) is 18.6 Å². The van der Waals surface area contributed by atoms with Gasteiger partial charge in [-0.25, -0.2) is 13.8 Å². The standard InChI is InChI=1S/C15H14F2N4/c1-9-12-5-10(8-19-15(12)21(2)20-9)7-18-14-6-11(16)3-4-13(14)17/h3-6,8,18H,7H2,1-2H3. The first-order valence-corrected chi connectivity index (χ1v) is 6.52. The Morgan fingerprint density at radius 3 is 2.86 bits per heavy atom. The van der Waals surface area contributed by atoms with Gasteiger partial charge in [0.15, 0.2) is 5.65 Å². The molecule has 1 aromatic carbocycles. The van der Waals surface area contributed by atoms with E-state index in [4.69, 9.17) is 0 Å². The third-order valence-electron chi connectivity index (χ3n) is 3.33. The van der Waals surface area contributed by atoms with Gasteiger partial charge >= 0.3 is 0 Å². The van der Waals surface area contributed by atoms with Crippen molar-refractivity contribution in [3.63, 3.8) is 0 Å². The Hall–Kier alpha value is -2.50. The third kappa shape index (κ3) is 2.56. The molecular weight excluding hydrogens is 274 g/mol. The van der Waals surface area contributed by atoms with Crippen LogP contribution in [-0.2, 0) is 13.6 Å². The molecule has 2 aromatic heterocycles. The Morgan fingerprint density at radius 2 is 2.05 bits per heavy atom. The molecule has 0 bridgehead atoms. The van der Waals surface area contributed by atoms with Crippen molar-refractivity contribution >= 4 is 16.7 Å². The second-order valence-corrected chi connectivity index (χ2v) is 4.90. The molecule has 3 rings (SSSR count). The number of rotatable bonds is 3. The number of pyridine rings is 1. The fourth-order valence-electron chi connectivity index (χ4n) is 2.28. The van der Waals surface area contributed by atoms with Gasteiger partial charge in [0.2, 0.25) is 0 Å². The smallest absolute Gasteiger partial charge is 0.157 e. The summed E-state index contributed by atoms with van der Waals surface area (Å²) in [5.74, 6) is -0.960. The molecule has 0 unspecified atom stereocenters. The minimum absolute atomic E-state index is 0.137. The lowest BCUT2D eigenvalue weighted by Gasteiger charge is -2.08. The molecule has 0 saturated carbocycles. The Balaban J connectivity index is 1.85. The first kappa shape index (κ1) is 13.5. The van der Waals surface area contributed by atoms with Crippen LogP contribution in [0.15, 0.2) is 30.5 Å². The van der Waals surface area contributed by atoms with E-state index in [1.165, 1.54) is 0 Å². The van der Waals surface area contributed by atoms with Crippen molar-refractivity contribution in [3.05, 3.63) is 53.4 Å². The van der Waals surface area contributed by atoms with E-state index in [-0.39, 0.29) is 5.69 Å². The molecule has 108 valence electrons. The van der Waals surface area contributed by atoms with E-state index in [1.54, 1.807) is 10.9 Å². The number of fused-ring (bicyclic) bond motifs is 1. The van der Waals surface area contributed by atoms with Gasteiger partial charge in [0.25, 0.3) is 0 Å². The van der Waals surface area contributed by atoms with Crippen LogP contribution >= 0.6 is 0 Å². The van der Waals surface area contributed by atoms with Gasteiger partial charge in [-0.3, -0.25) is 4.68 Å². The highest BCUT2D eigenvalue weighted by Crippen LogP contribution is 2.19. The number of halogens is 2. The number of anilines is 1. The molecule has 0 fully saturated rings. The summed E-state index contributed by atoms with van der Waals surface area (Å²) in [7, 11) is 1.84. The summed E-state index contributed by atoms with van der Waals surface area (Å²) in [6.45, 7) is 2.27. The lowest BCUT2D eigenvalue weighted by atomic mass is 10.2. The van der Waals surface area contributed by atoms with Crippen molar-refractivity contribution in [1.29, 1.82) is 0 Å². The van der Waals surface area contributed by atoms with E-state index in [9.17, 15) is 8.78 Å². The van der Waals surface area contributed by atoms with Crippen LogP contribution in [-0.4, -0.2) is 14.8 Å². The average Bonchev–Trinajstić information content (AvgIpc) is 2.75. The highest BCUT2D eigenvalue weighted by atomic mass is 19.1. The van der Waals surface area contributed by atoms with Crippen molar-refractivity contribution in [3.8, 4) is 0 Å². The number of benzene rings is 1. The van der Waals surface area contributed by atoms with Gasteiger partial charge in [0, 0.05) is 25.2 Å². The van der Waals surface area contributed by atoms with Crippen LogP contribution < -0.4 is 5.32 Å². The third-order valence-corrected chi connectivity index (χ3v) is 3.33. The predicted molar refractivity (Wildman–Crippen MR) is 76.9 cm³/mol. The summed E-state index contributed by atoms with van der Waals surface area (Å²) in [6, 6.07) is 5.28. The Bertz CT molecular complexity index is 811. The van der Waals surface area contributed by atoms with E-state index in [1.807, 2.05) is 20.0 Å². The second kappa shape index (κ2) is 5.12. The van der Waals surface area contributed by atoms with E-state index in [0.29, 0.717) is 6.54 Å². The summed E-state index contributed by atoms with van der Waals surface area (Å²) in [6.07, 6.45) is 1.70. The zero-order chi connectivity index (χ0) is 15.0. The van der Waals surface area contributed by atoms with Gasteiger partial charge in [0.1, 0.15) is 11.6 Å². The predicted octanol–water partition coefficient (Wildman–Crippen LogP) is 3.17. The molecule has 2 heterocycles. The zero-order valence-electron chi connectivity index (χ0n) is 11.7. The number of hydrogen-bond donors (Lipinski definition) is 1. The van der Waals surface area contributed by atoms with E-state index in [0.717, 1.165) is 40.5 Å². The Labute approximate surface area is 120 Å². The molecule has 4 nitrogen and oxygen atoms in total. The van der Waals surface area contributed by atoms with Gasteiger partial charge in [-0.1, -0.05) is 0 Å². The van der Waals surface area contributed by atoms with Crippen LogP contribution in [0.1, 0.15) is 11.3 Å². The van der Waals surface area contributed by atoms with Crippen molar-refractivity contribution in [2.45, 2.75) is 13.5 Å². The van der Waals surface area contributed by atoms with Gasteiger partial charge in [-0.15, -0.1) is 0 Å². The highest BCUT2D eigenvalue weighted by Gasteiger charge is 2.08. The summed E-state index contributed by atoms with van der Waals surface area (Å²) in [5.41, 5.74) is 2.70. The number of nitrogens with one attached hydrogen (secondary N) is 1. The summed E-state index contributed by atoms with van der Waals surface area (Å²) in [5, 5.41) is 8.13. The van der Waals surface area contributed by atoms with Gasteiger partial charge < -0.3 is 5.32 Å². The van der Waals surface area contributed by atoms with Crippen molar-refractivity contribution < 1.29 is 8.78 Å². The van der Waals surface area contributed by atoms with Crippen LogP contribution in [0.25, 0.3) is 11.0 Å². The lowest BCUT2D eigenvalue weighted by Crippen LogP contribution is -2.02. The average molecular weight is 288 g/mol. The Kier molecular flexibility index (Phi) is 3.29. The molecule has 0 atom stereocenters. The largest absolute Gasteiger partial charge is 0.378 e. The molecule has 0 aliphatic heterocycles. The van der Waals surface area contributed by atoms with Crippen LogP contribution in [0.2, 0.25) is 0 Å². The zero-order valence-corrected chi connectivity index (χ0v) is 11.7. The molecule has 0 radical (unpaired) electrons. The molecule has 0 saturated heterocycles. The van der Waals surface area contributed by atoms with Gasteiger partial charge in [-0.2, -0.15) is 5.10 Å². The molecule has 3 aromatic rings. The monoisotopic (exact) mass is 288 g/mol. The molecule has 0 amide bonds. The highest BCUT2D eigenvalue weighted by molar-refractivity contribution is 5.78. The topological polar surface area (TPSA) is 42.7 Å². The Morgan fingerprint density at radius 1 is 1.24 bits per heavy atom. The minimum atomic E-state index is -0.483. The van der Waals surface area contributed by atoms with Gasteiger partial charge in [-0.05, 0) is 36.8 Å². The number of aromatic nitrogens is 3. The van der Waals surface area contributed by atoms with Crippen molar-refractivity contribution in [2.75, 3.05) is 5.32 Å². The van der Waals surface area contributed by atoms with Crippen LogP contribution in [0.4, 0.5) is 14.5 Å². The molecular formula is C15H14F2N4. The fraction of sp³-hybridized carbons (Fsp3) is 0.200. The van der Waals surface area contributed by atoms with Crippen molar-refractivity contribution in [2.24, 2.45) is 7.05 Å². The number of nitrogens with zero attached hydrogens (tertiary/aromatic N) is 3. The molecule has 21 heavy (non-hydrogen) atoms. The lowest BCUT2D eigenvalue weighted by molar-refractivity contribution is 0.602. The normalized spacial score (nSPS) is 11.0. The molecule has 1 N–H and O–H groups in total. The number of aryl methyl sites for hydroxylation is 2. The first-order valence-electron chi connectivity index (χ1n) is 6.52. The maximum atomic E-state index is 13.5. The summed E-state index contributed by atoms with van der Waals surface area (Å²) >= 11 is 0. The first-order chi connectivity index (χ1) is 10.0. The van der Waals surface area contributed by atoms with E-state index in [2.05, 4.69) is 15.4 Å². The maximum absolute atomic E-state index is 13.5. The van der Waals surface area contributed by atoms with Crippen molar-refractivity contribution in [1.82, 2.24) is 14.8 Å². The number of hydrogen-bond acceptors (Lipinski definition) is 3. The van der Waals surface area contributed by atoms with E-state index >= 15 is 0 Å². The van der Waals surface area contributed by atoms with Crippen LogP contribution in [0.3, 0.4) is 0 Å². The SMILES string of the molecule is Cc1nn(C)c2ncc(CNc3cc(F)ccc3F)cc12. The van der Waals surface area contributed by atoms with E-state index < -0.39 is 11.6 Å². The fourth-order valence-corrected chi connectivity index (χ4v) is 2.28. The summed E-state index contributed by atoms with van der Waals surface area (Å²) < 4.78 is 28.4. The maximum Gasteiger partial charge on any atom is 0.157 e. The molecule has 0 spiro atoms. The molecule has 0 aliphatic carbocycles. The molecule has 0 aliphatic rings. The summed E-state index contributed by atoms with van der Waals surface area (Å²) in [4.78, 5) is 4.35. The van der Waals surface area contributed by atoms with Gasteiger partial charge in [0.05, 0.1) is 11.4 Å². The second-order valence-electron chi connectivity index (χ2n) is 4.90. The quantitative estimate of drug-likeness (QED) is 0.805. The minimum Gasteiger partial charge on any atom is -0.378 e. The van der Waals surface area contributed by atoms with Crippen LogP contribution in [0.5, 0.6) is 0 Å². The molecule has 6 heteroatoms.